The molecule has 0 heterocycles. The highest BCUT2D eigenvalue weighted by atomic mass is 16.4. The number of carboxylic acids is 1. The monoisotopic (exact) mass is 374 g/mol. The molecule has 3 rings (SSSR count). The van der Waals surface area contributed by atoms with E-state index in [-0.39, 0.29) is 18.0 Å². The van der Waals surface area contributed by atoms with Gasteiger partial charge in [0.15, 0.2) is 5.78 Å². The van der Waals surface area contributed by atoms with Gasteiger partial charge in [-0.25, -0.2) is 0 Å². The first-order valence-electron chi connectivity index (χ1n) is 9.22. The van der Waals surface area contributed by atoms with E-state index in [1.54, 1.807) is 36.4 Å². The van der Waals surface area contributed by atoms with Gasteiger partial charge in [-0.3, -0.25) is 9.59 Å². The molecule has 0 aliphatic rings. The van der Waals surface area contributed by atoms with Crippen LogP contribution in [0.3, 0.4) is 0 Å². The summed E-state index contributed by atoms with van der Waals surface area (Å²) in [7, 11) is 0. The molecule has 0 radical (unpaired) electrons. The fraction of sp³-hybridized carbons (Fsp3) is 0.167. The van der Waals surface area contributed by atoms with Gasteiger partial charge >= 0.3 is 5.97 Å². The van der Waals surface area contributed by atoms with Crippen LogP contribution in [0.1, 0.15) is 28.8 Å². The normalized spacial score (nSPS) is 11.7. The van der Waals surface area contributed by atoms with Gasteiger partial charge in [-0.2, -0.15) is 0 Å². The number of aliphatic carboxylic acids is 1. The number of phenolic OH excluding ortho intramolecular Hbond substituents is 1. The van der Waals surface area contributed by atoms with Gasteiger partial charge in [0.2, 0.25) is 0 Å². The maximum absolute atomic E-state index is 12.6. The fourth-order valence-electron chi connectivity index (χ4n) is 3.14. The van der Waals surface area contributed by atoms with Crippen molar-refractivity contribution in [2.45, 2.75) is 19.3 Å². The third-order valence-corrected chi connectivity index (χ3v) is 4.81. The summed E-state index contributed by atoms with van der Waals surface area (Å²) in [6, 6.07) is 23.6. The molecule has 0 aliphatic heterocycles. The number of carbonyl (C=O) groups is 2. The first-order valence-corrected chi connectivity index (χ1v) is 9.22. The van der Waals surface area contributed by atoms with Crippen LogP contribution in [-0.2, 0) is 11.2 Å². The van der Waals surface area contributed by atoms with Gasteiger partial charge in [-0.15, -0.1) is 0 Å². The van der Waals surface area contributed by atoms with Crippen molar-refractivity contribution in [2.24, 2.45) is 5.92 Å². The van der Waals surface area contributed by atoms with Crippen molar-refractivity contribution in [3.05, 3.63) is 90.0 Å². The molecule has 3 aromatic carbocycles. The highest BCUT2D eigenvalue weighted by molar-refractivity contribution is 5.98. The van der Waals surface area contributed by atoms with Crippen LogP contribution in [0.25, 0.3) is 11.1 Å². The number of hydrogen-bond donors (Lipinski definition) is 2. The van der Waals surface area contributed by atoms with Gasteiger partial charge in [-0.05, 0) is 41.7 Å². The van der Waals surface area contributed by atoms with Crippen molar-refractivity contribution in [2.75, 3.05) is 0 Å². The molecule has 2 N–H and O–H groups in total. The van der Waals surface area contributed by atoms with E-state index in [2.05, 4.69) is 0 Å². The molecule has 0 amide bonds. The molecule has 0 bridgehead atoms. The van der Waals surface area contributed by atoms with Crippen LogP contribution in [0, 0.1) is 5.92 Å². The number of benzene rings is 3. The average Bonchev–Trinajstić information content (AvgIpc) is 2.72. The van der Waals surface area contributed by atoms with Crippen LogP contribution < -0.4 is 0 Å². The number of aromatic hydroxyl groups is 1. The van der Waals surface area contributed by atoms with Crippen LogP contribution in [0.2, 0.25) is 0 Å². The minimum atomic E-state index is -0.940. The number of Topliss-reactive ketones (excluding diaryl/α,β-unsaturated/α-hetero) is 1. The molecule has 0 fully saturated rings. The Kier molecular flexibility index (Phi) is 6.22. The number of aryl methyl sites for hydroxylation is 1. The zero-order valence-corrected chi connectivity index (χ0v) is 15.4. The molecule has 28 heavy (non-hydrogen) atoms. The molecule has 4 heteroatoms. The lowest BCUT2D eigenvalue weighted by Gasteiger charge is -2.12. The Morgan fingerprint density at radius 1 is 0.786 bits per heavy atom. The van der Waals surface area contributed by atoms with Crippen molar-refractivity contribution in [3.8, 4) is 16.9 Å². The lowest BCUT2D eigenvalue weighted by atomic mass is 9.92. The molecule has 142 valence electrons. The molecule has 4 nitrogen and oxygen atoms in total. The second-order valence-corrected chi connectivity index (χ2v) is 6.81. The van der Waals surface area contributed by atoms with Crippen LogP contribution in [0.5, 0.6) is 5.75 Å². The Hall–Kier alpha value is -3.40. The van der Waals surface area contributed by atoms with Crippen LogP contribution in [-0.4, -0.2) is 22.0 Å². The van der Waals surface area contributed by atoms with Gasteiger partial charge in [0.1, 0.15) is 5.75 Å². The van der Waals surface area contributed by atoms with E-state index in [0.717, 1.165) is 16.7 Å². The van der Waals surface area contributed by atoms with E-state index in [0.29, 0.717) is 18.4 Å². The average molecular weight is 374 g/mol. The zero-order chi connectivity index (χ0) is 19.9. The van der Waals surface area contributed by atoms with E-state index in [1.165, 1.54) is 0 Å². The molecular weight excluding hydrogens is 352 g/mol. The summed E-state index contributed by atoms with van der Waals surface area (Å²) in [4.78, 5) is 24.1. The third-order valence-electron chi connectivity index (χ3n) is 4.81. The quantitative estimate of drug-likeness (QED) is 0.546. The van der Waals surface area contributed by atoms with E-state index in [4.69, 9.17) is 0 Å². The second-order valence-electron chi connectivity index (χ2n) is 6.81. The number of phenols is 1. The topological polar surface area (TPSA) is 74.6 Å². The molecule has 0 saturated heterocycles. The van der Waals surface area contributed by atoms with E-state index >= 15 is 0 Å². The first kappa shape index (κ1) is 19.4. The Balaban J connectivity index is 1.64. The molecule has 1 unspecified atom stereocenters. The van der Waals surface area contributed by atoms with Crippen molar-refractivity contribution < 1.29 is 19.8 Å². The van der Waals surface area contributed by atoms with E-state index < -0.39 is 11.9 Å². The zero-order valence-electron chi connectivity index (χ0n) is 15.4. The molecular formula is C24H22O4. The van der Waals surface area contributed by atoms with E-state index in [9.17, 15) is 19.8 Å². The molecule has 0 saturated carbocycles. The maximum Gasteiger partial charge on any atom is 0.306 e. The Labute approximate surface area is 164 Å². The standard InChI is InChI=1S/C24H22O4/c25-22-14-12-19(13-15-22)18-8-10-20(11-9-18)23(26)16-21(24(27)28)7-6-17-4-2-1-3-5-17/h1-5,8-15,21,25H,6-7,16H2,(H,27,28). The van der Waals surface area contributed by atoms with Gasteiger partial charge in [0.25, 0.3) is 0 Å². The highest BCUT2D eigenvalue weighted by Gasteiger charge is 2.22. The lowest BCUT2D eigenvalue weighted by molar-refractivity contribution is -0.141. The highest BCUT2D eigenvalue weighted by Crippen LogP contribution is 2.23. The summed E-state index contributed by atoms with van der Waals surface area (Å²) in [5, 5.41) is 18.9. The van der Waals surface area contributed by atoms with Crippen molar-refractivity contribution in [1.29, 1.82) is 0 Å². The number of carboxylic acid groups (broad SMARTS) is 1. The minimum Gasteiger partial charge on any atom is -0.508 e. The summed E-state index contributed by atoms with van der Waals surface area (Å²) >= 11 is 0. The van der Waals surface area contributed by atoms with Crippen LogP contribution >= 0.6 is 0 Å². The first-order chi connectivity index (χ1) is 13.5. The molecule has 0 spiro atoms. The number of rotatable bonds is 8. The maximum atomic E-state index is 12.6. The van der Waals surface area contributed by atoms with Crippen molar-refractivity contribution in [3.63, 3.8) is 0 Å². The molecule has 0 aliphatic carbocycles. The predicted molar refractivity (Wildman–Crippen MR) is 108 cm³/mol. The summed E-state index contributed by atoms with van der Waals surface area (Å²) in [6.45, 7) is 0. The predicted octanol–water partition coefficient (Wildman–Crippen LogP) is 4.97. The summed E-state index contributed by atoms with van der Waals surface area (Å²) in [5.74, 6) is -1.61. The van der Waals surface area contributed by atoms with Gasteiger partial charge < -0.3 is 10.2 Å². The Morgan fingerprint density at radius 3 is 1.93 bits per heavy atom. The van der Waals surface area contributed by atoms with Crippen molar-refractivity contribution >= 4 is 11.8 Å². The largest absolute Gasteiger partial charge is 0.508 e. The van der Waals surface area contributed by atoms with Crippen LogP contribution in [0.15, 0.2) is 78.9 Å². The molecule has 3 aromatic rings. The smallest absolute Gasteiger partial charge is 0.306 e. The van der Waals surface area contributed by atoms with Gasteiger partial charge in [0.05, 0.1) is 5.92 Å². The number of hydrogen-bond acceptors (Lipinski definition) is 3. The molecule has 1 atom stereocenters. The fourth-order valence-corrected chi connectivity index (χ4v) is 3.14. The summed E-state index contributed by atoms with van der Waals surface area (Å²) < 4.78 is 0. The third kappa shape index (κ3) is 5.07. The van der Waals surface area contributed by atoms with Gasteiger partial charge in [0, 0.05) is 12.0 Å². The Morgan fingerprint density at radius 2 is 1.36 bits per heavy atom. The SMILES string of the molecule is O=C(CC(CCc1ccccc1)C(=O)O)c1ccc(-c2ccc(O)cc2)cc1. The molecule has 0 aromatic heterocycles. The van der Waals surface area contributed by atoms with Crippen LogP contribution in [0.4, 0.5) is 0 Å². The summed E-state index contributed by atoms with van der Waals surface area (Å²) in [6.07, 6.45) is 1.04. The number of ketones is 1. The van der Waals surface area contributed by atoms with Gasteiger partial charge in [-0.1, -0.05) is 66.7 Å². The second kappa shape index (κ2) is 9.00. The minimum absolute atomic E-state index is 0.0132. The number of carbonyl (C=O) groups excluding carboxylic acids is 1. The Bertz CT molecular complexity index is 929. The summed E-state index contributed by atoms with van der Waals surface area (Å²) in [5.41, 5.74) is 3.44. The lowest BCUT2D eigenvalue weighted by Crippen LogP contribution is -2.19. The van der Waals surface area contributed by atoms with E-state index in [1.807, 2.05) is 42.5 Å². The van der Waals surface area contributed by atoms with Crippen molar-refractivity contribution in [1.82, 2.24) is 0 Å².